The number of hydrogen-bond donors (Lipinski definition) is 0. The summed E-state index contributed by atoms with van der Waals surface area (Å²) in [4.78, 5) is 22.7. The number of ketones is 1. The number of carbonyl (C=O) groups excluding carboxylic acids is 1. The number of aromatic nitrogens is 4. The van der Waals surface area contributed by atoms with Crippen LogP contribution in [0.25, 0.3) is 6.08 Å². The van der Waals surface area contributed by atoms with Crippen molar-refractivity contribution in [3.63, 3.8) is 0 Å². The molecule has 9 nitrogen and oxygen atoms in total. The zero-order valence-electron chi connectivity index (χ0n) is 14.8. The van der Waals surface area contributed by atoms with Gasteiger partial charge in [0.05, 0.1) is 18.6 Å². The Morgan fingerprint density at radius 2 is 2.22 bits per heavy atom. The third-order valence-corrected chi connectivity index (χ3v) is 3.86. The Bertz CT molecular complexity index is 1000. The highest BCUT2D eigenvalue weighted by Gasteiger charge is 2.23. The molecule has 138 valence electrons. The van der Waals surface area contributed by atoms with Gasteiger partial charge in [0.25, 0.3) is 0 Å². The minimum absolute atomic E-state index is 0.191. The first-order valence-corrected chi connectivity index (χ1v) is 8.02. The number of benzene rings is 1. The van der Waals surface area contributed by atoms with Crippen LogP contribution < -0.4 is 4.74 Å². The van der Waals surface area contributed by atoms with Gasteiger partial charge in [0, 0.05) is 25.0 Å². The molecule has 0 N–H and O–H groups in total. The zero-order valence-corrected chi connectivity index (χ0v) is 14.8. The molecule has 0 saturated heterocycles. The molecule has 0 fully saturated rings. The summed E-state index contributed by atoms with van der Waals surface area (Å²) < 4.78 is 8.37. The molecule has 0 unspecified atom stereocenters. The lowest BCUT2D eigenvalue weighted by Crippen LogP contribution is -2.03. The quantitative estimate of drug-likeness (QED) is 0.275. The van der Waals surface area contributed by atoms with Crippen LogP contribution in [-0.2, 0) is 13.6 Å². The van der Waals surface area contributed by atoms with Crippen molar-refractivity contribution in [1.29, 1.82) is 0 Å². The van der Waals surface area contributed by atoms with Gasteiger partial charge in [-0.25, -0.2) is 0 Å². The molecule has 2 aromatic heterocycles. The van der Waals surface area contributed by atoms with Crippen LogP contribution in [0.5, 0.6) is 5.75 Å². The van der Waals surface area contributed by atoms with Crippen molar-refractivity contribution in [2.75, 3.05) is 7.11 Å². The van der Waals surface area contributed by atoms with Crippen molar-refractivity contribution >= 4 is 17.5 Å². The minimum atomic E-state index is -0.621. The van der Waals surface area contributed by atoms with Crippen LogP contribution >= 0.6 is 0 Å². The maximum atomic E-state index is 12.3. The fourth-order valence-electron chi connectivity index (χ4n) is 2.63. The number of ether oxygens (including phenoxy) is 1. The van der Waals surface area contributed by atoms with Crippen LogP contribution in [0.2, 0.25) is 0 Å². The van der Waals surface area contributed by atoms with Gasteiger partial charge in [-0.05, 0) is 29.8 Å². The Kier molecular flexibility index (Phi) is 5.11. The third-order valence-electron chi connectivity index (χ3n) is 3.86. The van der Waals surface area contributed by atoms with E-state index in [0.717, 1.165) is 11.1 Å². The summed E-state index contributed by atoms with van der Waals surface area (Å²) in [6.45, 7) is 0.511. The van der Waals surface area contributed by atoms with E-state index in [2.05, 4.69) is 10.2 Å². The van der Waals surface area contributed by atoms with Crippen LogP contribution in [-0.4, -0.2) is 37.4 Å². The first kappa shape index (κ1) is 18.1. The van der Waals surface area contributed by atoms with E-state index in [4.69, 9.17) is 4.74 Å². The SMILES string of the molecule is COc1ccc(/C=C/C(=O)c2nn(C)cc2[N+](=O)[O-])cc1Cn1cccn1. The number of allylic oxidation sites excluding steroid dienone is 1. The predicted octanol–water partition coefficient (Wildman–Crippen LogP) is 2.48. The minimum Gasteiger partial charge on any atom is -0.496 e. The summed E-state index contributed by atoms with van der Waals surface area (Å²) in [6.07, 6.45) is 7.60. The summed E-state index contributed by atoms with van der Waals surface area (Å²) in [5, 5.41) is 19.1. The summed E-state index contributed by atoms with van der Waals surface area (Å²) >= 11 is 0. The molecule has 0 amide bonds. The molecule has 0 bridgehead atoms. The topological polar surface area (TPSA) is 105 Å². The second-order valence-corrected chi connectivity index (χ2v) is 5.77. The van der Waals surface area contributed by atoms with Gasteiger partial charge in [-0.2, -0.15) is 10.2 Å². The second kappa shape index (κ2) is 7.65. The van der Waals surface area contributed by atoms with E-state index in [1.165, 1.54) is 24.0 Å². The fraction of sp³-hybridized carbons (Fsp3) is 0.167. The lowest BCUT2D eigenvalue weighted by Gasteiger charge is -2.09. The Labute approximate surface area is 154 Å². The van der Waals surface area contributed by atoms with E-state index in [9.17, 15) is 14.9 Å². The Morgan fingerprint density at radius 3 is 2.89 bits per heavy atom. The van der Waals surface area contributed by atoms with E-state index in [1.54, 1.807) is 36.2 Å². The summed E-state index contributed by atoms with van der Waals surface area (Å²) in [6, 6.07) is 7.29. The standard InChI is InChI=1S/C18H17N5O4/c1-21-12-15(23(25)26)18(20-21)16(24)6-4-13-5-7-17(27-2)14(10-13)11-22-9-3-8-19-22/h3-10,12H,11H2,1-2H3/b6-4+. The van der Waals surface area contributed by atoms with E-state index < -0.39 is 10.7 Å². The molecule has 1 aromatic carbocycles. The van der Waals surface area contributed by atoms with Crippen LogP contribution in [0.3, 0.4) is 0 Å². The molecule has 0 aliphatic heterocycles. The van der Waals surface area contributed by atoms with Gasteiger partial charge in [0.15, 0.2) is 0 Å². The molecule has 3 rings (SSSR count). The van der Waals surface area contributed by atoms with Crippen LogP contribution in [0.1, 0.15) is 21.6 Å². The molecule has 2 heterocycles. The van der Waals surface area contributed by atoms with Crippen molar-refractivity contribution in [3.05, 3.63) is 75.9 Å². The molecule has 3 aromatic rings. The zero-order chi connectivity index (χ0) is 19.4. The van der Waals surface area contributed by atoms with Gasteiger partial charge in [-0.3, -0.25) is 24.3 Å². The summed E-state index contributed by atoms with van der Waals surface area (Å²) in [5.41, 5.74) is 1.13. The van der Waals surface area contributed by atoms with Crippen LogP contribution in [0.15, 0.2) is 48.9 Å². The highest BCUT2D eigenvalue weighted by atomic mass is 16.6. The number of hydrogen-bond acceptors (Lipinski definition) is 6. The molecular weight excluding hydrogens is 350 g/mol. The average molecular weight is 367 g/mol. The number of aryl methyl sites for hydroxylation is 1. The molecule has 0 aliphatic rings. The van der Waals surface area contributed by atoms with Crippen molar-refractivity contribution < 1.29 is 14.5 Å². The Hall–Kier alpha value is -3.75. The second-order valence-electron chi connectivity index (χ2n) is 5.77. The molecule has 0 saturated carbocycles. The van der Waals surface area contributed by atoms with E-state index in [0.29, 0.717) is 12.3 Å². The Balaban J connectivity index is 1.84. The Morgan fingerprint density at radius 1 is 1.41 bits per heavy atom. The molecule has 0 radical (unpaired) electrons. The highest BCUT2D eigenvalue weighted by molar-refractivity contribution is 6.07. The van der Waals surface area contributed by atoms with Crippen LogP contribution in [0, 0.1) is 10.1 Å². The molecular formula is C18H17N5O4. The monoisotopic (exact) mass is 367 g/mol. The van der Waals surface area contributed by atoms with Crippen molar-refractivity contribution in [1.82, 2.24) is 19.6 Å². The van der Waals surface area contributed by atoms with Gasteiger partial charge in [0.2, 0.25) is 11.5 Å². The normalized spacial score (nSPS) is 11.0. The largest absolute Gasteiger partial charge is 0.496 e. The number of nitro groups is 1. The number of carbonyl (C=O) groups is 1. The highest BCUT2D eigenvalue weighted by Crippen LogP contribution is 2.22. The van der Waals surface area contributed by atoms with Crippen LogP contribution in [0.4, 0.5) is 5.69 Å². The average Bonchev–Trinajstić information content (AvgIpc) is 3.29. The van der Waals surface area contributed by atoms with E-state index >= 15 is 0 Å². The first-order chi connectivity index (χ1) is 13.0. The maximum absolute atomic E-state index is 12.3. The molecule has 0 spiro atoms. The smallest absolute Gasteiger partial charge is 0.318 e. The maximum Gasteiger partial charge on any atom is 0.318 e. The van der Waals surface area contributed by atoms with Crippen molar-refractivity contribution in [2.45, 2.75) is 6.54 Å². The number of rotatable bonds is 7. The molecule has 0 atom stereocenters. The van der Waals surface area contributed by atoms with Gasteiger partial charge >= 0.3 is 5.69 Å². The summed E-state index contributed by atoms with van der Waals surface area (Å²) in [7, 11) is 3.11. The first-order valence-electron chi connectivity index (χ1n) is 8.02. The van der Waals surface area contributed by atoms with Gasteiger partial charge in [0.1, 0.15) is 11.9 Å². The lowest BCUT2D eigenvalue weighted by atomic mass is 10.1. The van der Waals surface area contributed by atoms with Gasteiger partial charge in [-0.1, -0.05) is 12.1 Å². The summed E-state index contributed by atoms with van der Waals surface area (Å²) in [5.74, 6) is 0.168. The number of nitrogens with zero attached hydrogens (tertiary/aromatic N) is 5. The van der Waals surface area contributed by atoms with Gasteiger partial charge in [-0.15, -0.1) is 0 Å². The van der Waals surface area contributed by atoms with Gasteiger partial charge < -0.3 is 4.74 Å². The van der Waals surface area contributed by atoms with Crippen molar-refractivity contribution in [2.24, 2.45) is 7.05 Å². The molecule has 0 aliphatic carbocycles. The van der Waals surface area contributed by atoms with E-state index in [-0.39, 0.29) is 11.4 Å². The van der Waals surface area contributed by atoms with Crippen molar-refractivity contribution in [3.8, 4) is 5.75 Å². The van der Waals surface area contributed by atoms with E-state index in [1.807, 2.05) is 18.3 Å². The third kappa shape index (κ3) is 4.09. The predicted molar refractivity (Wildman–Crippen MR) is 97.5 cm³/mol. The lowest BCUT2D eigenvalue weighted by molar-refractivity contribution is -0.385. The number of methoxy groups -OCH3 is 1. The molecule has 9 heteroatoms. The molecule has 27 heavy (non-hydrogen) atoms. The fourth-order valence-corrected chi connectivity index (χ4v) is 2.63.